The number of carbonyl (C=O) groups is 1. The first-order valence-corrected chi connectivity index (χ1v) is 7.10. The van der Waals surface area contributed by atoms with Crippen LogP contribution in [0.25, 0.3) is 0 Å². The Morgan fingerprint density at radius 1 is 1.21 bits per heavy atom. The number of amides is 1. The molecule has 4 heteroatoms. The Kier molecular flexibility index (Phi) is 7.19. The molecular weight excluding hydrogens is 260 g/mol. The van der Waals surface area contributed by atoms with Crippen molar-refractivity contribution in [2.24, 2.45) is 5.10 Å². The maximum absolute atomic E-state index is 11.6. The van der Waals surface area contributed by atoms with Gasteiger partial charge in [0.05, 0.1) is 5.71 Å². The summed E-state index contributed by atoms with van der Waals surface area (Å²) in [4.78, 5) is 11.6. The van der Waals surface area contributed by atoms with Gasteiger partial charge in [-0.05, 0) is 31.0 Å². The first-order valence-electron chi connectivity index (χ1n) is 6.72. The molecule has 0 aliphatic heterocycles. The molecule has 3 nitrogen and oxygen atoms in total. The normalized spacial score (nSPS) is 11.4. The van der Waals surface area contributed by atoms with Gasteiger partial charge in [0.2, 0.25) is 5.91 Å². The van der Waals surface area contributed by atoms with E-state index in [0.29, 0.717) is 11.4 Å². The topological polar surface area (TPSA) is 41.5 Å². The molecule has 19 heavy (non-hydrogen) atoms. The molecule has 0 heterocycles. The van der Waals surface area contributed by atoms with Crippen molar-refractivity contribution in [2.75, 3.05) is 0 Å². The Morgan fingerprint density at radius 2 is 1.89 bits per heavy atom. The van der Waals surface area contributed by atoms with Crippen molar-refractivity contribution in [2.45, 2.75) is 46.0 Å². The van der Waals surface area contributed by atoms with Crippen LogP contribution in [0.3, 0.4) is 0 Å². The van der Waals surface area contributed by atoms with Crippen LogP contribution in [0.15, 0.2) is 29.4 Å². The fourth-order valence-electron chi connectivity index (χ4n) is 1.67. The zero-order valence-electron chi connectivity index (χ0n) is 11.6. The summed E-state index contributed by atoms with van der Waals surface area (Å²) in [5, 5.41) is 4.79. The maximum atomic E-state index is 11.6. The highest BCUT2D eigenvalue weighted by atomic mass is 35.5. The number of benzene rings is 1. The van der Waals surface area contributed by atoms with Crippen LogP contribution in [-0.4, -0.2) is 11.6 Å². The third kappa shape index (κ3) is 6.39. The summed E-state index contributed by atoms with van der Waals surface area (Å²) in [5.41, 5.74) is 4.32. The number of hydrazone groups is 1. The molecule has 0 radical (unpaired) electrons. The van der Waals surface area contributed by atoms with E-state index in [1.165, 1.54) is 12.8 Å². The molecule has 0 spiro atoms. The fourth-order valence-corrected chi connectivity index (χ4v) is 1.80. The highest BCUT2D eigenvalue weighted by molar-refractivity contribution is 6.30. The molecule has 1 rings (SSSR count). The summed E-state index contributed by atoms with van der Waals surface area (Å²) in [5.74, 6) is -0.0237. The second-order valence-corrected chi connectivity index (χ2v) is 4.99. The lowest BCUT2D eigenvalue weighted by Gasteiger charge is -2.03. The minimum atomic E-state index is -0.0237. The van der Waals surface area contributed by atoms with Gasteiger partial charge in [-0.3, -0.25) is 4.79 Å². The van der Waals surface area contributed by atoms with Gasteiger partial charge >= 0.3 is 0 Å². The van der Waals surface area contributed by atoms with Gasteiger partial charge in [-0.2, -0.15) is 5.10 Å². The average molecular weight is 281 g/mol. The summed E-state index contributed by atoms with van der Waals surface area (Å²) in [6.45, 7) is 4.01. The lowest BCUT2D eigenvalue weighted by molar-refractivity contribution is -0.121. The van der Waals surface area contributed by atoms with Crippen LogP contribution < -0.4 is 5.43 Å². The minimum Gasteiger partial charge on any atom is -0.273 e. The number of nitrogens with zero attached hydrogens (tertiary/aromatic N) is 1. The van der Waals surface area contributed by atoms with E-state index in [-0.39, 0.29) is 5.91 Å². The zero-order valence-corrected chi connectivity index (χ0v) is 12.3. The Morgan fingerprint density at radius 3 is 2.53 bits per heavy atom. The highest BCUT2D eigenvalue weighted by Crippen LogP contribution is 2.10. The number of carbonyl (C=O) groups excluding carboxylic acids is 1. The monoisotopic (exact) mass is 280 g/mol. The van der Waals surface area contributed by atoms with Gasteiger partial charge in [0.25, 0.3) is 0 Å². The third-order valence-electron chi connectivity index (χ3n) is 2.87. The molecule has 0 saturated heterocycles. The van der Waals surface area contributed by atoms with Gasteiger partial charge in [0.1, 0.15) is 0 Å². The smallest absolute Gasteiger partial charge is 0.240 e. The molecular formula is C15H21ClN2O. The van der Waals surface area contributed by atoms with E-state index in [1.54, 1.807) is 0 Å². The van der Waals surface area contributed by atoms with Crippen LogP contribution in [0.2, 0.25) is 5.02 Å². The van der Waals surface area contributed by atoms with Crippen molar-refractivity contribution in [3.05, 3.63) is 34.9 Å². The van der Waals surface area contributed by atoms with Crippen molar-refractivity contribution in [3.63, 3.8) is 0 Å². The van der Waals surface area contributed by atoms with Crippen LogP contribution in [0, 0.1) is 0 Å². The number of rotatable bonds is 7. The maximum Gasteiger partial charge on any atom is 0.240 e. The molecule has 104 valence electrons. The molecule has 0 unspecified atom stereocenters. The molecule has 0 aliphatic carbocycles. The van der Waals surface area contributed by atoms with Crippen LogP contribution in [0.4, 0.5) is 0 Å². The van der Waals surface area contributed by atoms with Gasteiger partial charge in [-0.1, -0.05) is 49.9 Å². The molecule has 0 aromatic heterocycles. The zero-order chi connectivity index (χ0) is 14.1. The number of hydrogen-bond donors (Lipinski definition) is 1. The largest absolute Gasteiger partial charge is 0.273 e. The van der Waals surface area contributed by atoms with Crippen LogP contribution in [-0.2, 0) is 4.79 Å². The van der Waals surface area contributed by atoms with E-state index in [4.69, 9.17) is 11.6 Å². The Bertz CT molecular complexity index is 426. The van der Waals surface area contributed by atoms with Crippen molar-refractivity contribution >= 4 is 23.2 Å². The fraction of sp³-hybridized carbons (Fsp3) is 0.467. The van der Waals surface area contributed by atoms with Gasteiger partial charge < -0.3 is 0 Å². The van der Waals surface area contributed by atoms with Crippen LogP contribution in [0.5, 0.6) is 0 Å². The van der Waals surface area contributed by atoms with Gasteiger partial charge in [-0.15, -0.1) is 0 Å². The van der Waals surface area contributed by atoms with Crippen molar-refractivity contribution < 1.29 is 4.79 Å². The minimum absolute atomic E-state index is 0.0237. The number of unbranched alkanes of at least 4 members (excludes halogenated alkanes) is 3. The summed E-state index contributed by atoms with van der Waals surface area (Å²) < 4.78 is 0. The van der Waals surface area contributed by atoms with Gasteiger partial charge in [-0.25, -0.2) is 5.43 Å². The average Bonchev–Trinajstić information content (AvgIpc) is 2.42. The van der Waals surface area contributed by atoms with Crippen molar-refractivity contribution in [1.82, 2.24) is 5.43 Å². The standard InChI is InChI=1S/C15H21ClN2O/c1-3-4-5-6-7-15(19)18-17-12(2)13-8-10-14(16)11-9-13/h8-11H,3-7H2,1-2H3,(H,18,19). The van der Waals surface area contributed by atoms with E-state index in [1.807, 2.05) is 31.2 Å². The van der Waals surface area contributed by atoms with E-state index in [9.17, 15) is 4.79 Å². The Hall–Kier alpha value is -1.35. The molecule has 1 aromatic carbocycles. The molecule has 0 bridgehead atoms. The molecule has 0 atom stereocenters. The predicted molar refractivity (Wildman–Crippen MR) is 80.6 cm³/mol. The quantitative estimate of drug-likeness (QED) is 0.455. The van der Waals surface area contributed by atoms with E-state index >= 15 is 0 Å². The molecule has 1 N–H and O–H groups in total. The molecule has 1 amide bonds. The Balaban J connectivity index is 2.38. The van der Waals surface area contributed by atoms with Crippen LogP contribution >= 0.6 is 11.6 Å². The van der Waals surface area contributed by atoms with Crippen molar-refractivity contribution in [3.8, 4) is 0 Å². The first kappa shape index (κ1) is 15.7. The molecule has 0 fully saturated rings. The van der Waals surface area contributed by atoms with Gasteiger partial charge in [0, 0.05) is 11.4 Å². The molecule has 1 aromatic rings. The first-order chi connectivity index (χ1) is 9.13. The number of hydrogen-bond acceptors (Lipinski definition) is 2. The summed E-state index contributed by atoms with van der Waals surface area (Å²) in [6, 6.07) is 7.38. The third-order valence-corrected chi connectivity index (χ3v) is 3.12. The summed E-state index contributed by atoms with van der Waals surface area (Å²) in [7, 11) is 0. The molecule has 0 aliphatic rings. The molecule has 0 saturated carbocycles. The number of halogens is 1. The Labute approximate surface area is 120 Å². The van der Waals surface area contributed by atoms with E-state index in [0.717, 1.165) is 24.1 Å². The lowest BCUT2D eigenvalue weighted by Crippen LogP contribution is -2.18. The second kappa shape index (κ2) is 8.70. The highest BCUT2D eigenvalue weighted by Gasteiger charge is 2.01. The summed E-state index contributed by atoms with van der Waals surface area (Å²) in [6.07, 6.45) is 4.92. The van der Waals surface area contributed by atoms with Crippen molar-refractivity contribution in [1.29, 1.82) is 0 Å². The second-order valence-electron chi connectivity index (χ2n) is 4.55. The van der Waals surface area contributed by atoms with E-state index in [2.05, 4.69) is 17.5 Å². The SMILES string of the molecule is CCCCCCC(=O)NN=C(C)c1ccc(Cl)cc1. The van der Waals surface area contributed by atoms with Gasteiger partial charge in [0.15, 0.2) is 0 Å². The van der Waals surface area contributed by atoms with E-state index < -0.39 is 0 Å². The predicted octanol–water partition coefficient (Wildman–Crippen LogP) is 4.15. The lowest BCUT2D eigenvalue weighted by atomic mass is 10.1. The summed E-state index contributed by atoms with van der Waals surface area (Å²) >= 11 is 5.82. The van der Waals surface area contributed by atoms with Crippen LogP contribution in [0.1, 0.15) is 51.5 Å². The number of nitrogens with one attached hydrogen (secondary N) is 1.